The van der Waals surface area contributed by atoms with Gasteiger partial charge in [-0.05, 0) is 42.9 Å². The van der Waals surface area contributed by atoms with Gasteiger partial charge in [-0.2, -0.15) is 0 Å². The Morgan fingerprint density at radius 3 is 2.65 bits per heavy atom. The zero-order valence-electron chi connectivity index (χ0n) is 13.4. The van der Waals surface area contributed by atoms with Crippen LogP contribution in [0.1, 0.15) is 31.2 Å². The molecule has 2 aliphatic rings. The van der Waals surface area contributed by atoms with Gasteiger partial charge >= 0.3 is 5.97 Å². The van der Waals surface area contributed by atoms with Gasteiger partial charge in [-0.3, -0.25) is 4.79 Å². The summed E-state index contributed by atoms with van der Waals surface area (Å²) in [5.41, 5.74) is 3.63. The highest BCUT2D eigenvalue weighted by atomic mass is 16.5. The summed E-state index contributed by atoms with van der Waals surface area (Å²) in [6.45, 7) is 1.18. The summed E-state index contributed by atoms with van der Waals surface area (Å²) in [7, 11) is 1.40. The predicted octanol–water partition coefficient (Wildman–Crippen LogP) is 3.00. The lowest BCUT2D eigenvalue weighted by Gasteiger charge is -2.16. The van der Waals surface area contributed by atoms with Crippen molar-refractivity contribution in [1.82, 2.24) is 4.90 Å². The lowest BCUT2D eigenvalue weighted by atomic mass is 9.95. The third kappa shape index (κ3) is 3.36. The van der Waals surface area contributed by atoms with Crippen LogP contribution < -0.4 is 0 Å². The van der Waals surface area contributed by atoms with Crippen molar-refractivity contribution in [3.8, 4) is 0 Å². The van der Waals surface area contributed by atoms with Crippen molar-refractivity contribution in [2.75, 3.05) is 13.7 Å². The van der Waals surface area contributed by atoms with Gasteiger partial charge in [0.15, 0.2) is 0 Å². The van der Waals surface area contributed by atoms with Crippen LogP contribution >= 0.6 is 0 Å². The largest absolute Gasteiger partial charge is 0.466 e. The van der Waals surface area contributed by atoms with E-state index in [0.29, 0.717) is 18.7 Å². The van der Waals surface area contributed by atoms with E-state index in [9.17, 15) is 9.59 Å². The van der Waals surface area contributed by atoms with Crippen molar-refractivity contribution < 1.29 is 14.3 Å². The first-order valence-electron chi connectivity index (χ1n) is 8.03. The van der Waals surface area contributed by atoms with Crippen molar-refractivity contribution in [3.63, 3.8) is 0 Å². The summed E-state index contributed by atoms with van der Waals surface area (Å²) in [5.74, 6) is -0.182. The van der Waals surface area contributed by atoms with Crippen molar-refractivity contribution >= 4 is 11.9 Å². The highest BCUT2D eigenvalue weighted by Gasteiger charge is 2.30. The predicted molar refractivity (Wildman–Crippen MR) is 87.5 cm³/mol. The topological polar surface area (TPSA) is 46.6 Å². The van der Waals surface area contributed by atoms with Crippen molar-refractivity contribution in [2.24, 2.45) is 0 Å². The second-order valence-electron chi connectivity index (χ2n) is 6.02. The van der Waals surface area contributed by atoms with Crippen LogP contribution in [-0.4, -0.2) is 30.4 Å². The number of carbonyl (C=O) groups is 2. The van der Waals surface area contributed by atoms with E-state index >= 15 is 0 Å². The highest BCUT2D eigenvalue weighted by Crippen LogP contribution is 2.30. The molecule has 1 aromatic rings. The number of ether oxygens (including phenoxy) is 1. The van der Waals surface area contributed by atoms with E-state index in [2.05, 4.69) is 0 Å². The Morgan fingerprint density at radius 1 is 1.17 bits per heavy atom. The van der Waals surface area contributed by atoms with Gasteiger partial charge in [-0.15, -0.1) is 0 Å². The van der Waals surface area contributed by atoms with Gasteiger partial charge in [0, 0.05) is 24.2 Å². The molecular formula is C19H21NO3. The normalized spacial score (nSPS) is 20.5. The summed E-state index contributed by atoms with van der Waals surface area (Å²) in [4.78, 5) is 26.4. The lowest BCUT2D eigenvalue weighted by molar-refractivity contribution is -0.136. The Morgan fingerprint density at radius 2 is 1.91 bits per heavy atom. The summed E-state index contributed by atoms with van der Waals surface area (Å²) >= 11 is 0. The van der Waals surface area contributed by atoms with Crippen LogP contribution in [0.2, 0.25) is 0 Å². The standard InChI is InChI=1S/C19H21NO3/c1-23-19(22)15-9-5-6-10-17-16(11-15)13-20(18(17)21)12-14-7-3-2-4-8-14/h2-4,7-8,11H,5-6,9-10,12-13H2,1H3/b15-11+. The van der Waals surface area contributed by atoms with E-state index in [-0.39, 0.29) is 11.9 Å². The first-order chi connectivity index (χ1) is 11.2. The molecule has 1 aliphatic heterocycles. The SMILES string of the molecule is COC(=O)/C1=C/C2=C(CCCC1)C(=O)N(Cc1ccccc1)C2. The van der Waals surface area contributed by atoms with Gasteiger partial charge in [0.25, 0.3) is 5.91 Å². The zero-order chi connectivity index (χ0) is 16.2. The Balaban J connectivity index is 1.83. The minimum atomic E-state index is -0.285. The second kappa shape index (κ2) is 6.82. The van der Waals surface area contributed by atoms with Crippen LogP contribution in [0.15, 0.2) is 53.1 Å². The number of hydrogen-bond acceptors (Lipinski definition) is 3. The average molecular weight is 311 g/mol. The van der Waals surface area contributed by atoms with E-state index in [0.717, 1.165) is 42.4 Å². The molecule has 0 spiro atoms. The highest BCUT2D eigenvalue weighted by molar-refractivity contribution is 5.98. The van der Waals surface area contributed by atoms with Crippen molar-refractivity contribution in [2.45, 2.75) is 32.2 Å². The maximum atomic E-state index is 12.7. The minimum absolute atomic E-state index is 0.103. The molecule has 4 heteroatoms. The van der Waals surface area contributed by atoms with E-state index in [1.807, 2.05) is 41.3 Å². The number of carbonyl (C=O) groups excluding carboxylic acids is 2. The molecule has 1 aliphatic carbocycles. The van der Waals surface area contributed by atoms with E-state index in [1.165, 1.54) is 7.11 Å². The number of hydrogen-bond donors (Lipinski definition) is 0. The van der Waals surface area contributed by atoms with E-state index in [4.69, 9.17) is 4.74 Å². The molecule has 0 saturated carbocycles. The summed E-state index contributed by atoms with van der Waals surface area (Å²) < 4.78 is 4.86. The fourth-order valence-corrected chi connectivity index (χ4v) is 3.22. The fraction of sp³-hybridized carbons (Fsp3) is 0.368. The van der Waals surface area contributed by atoms with Crippen molar-refractivity contribution in [1.29, 1.82) is 0 Å². The number of rotatable bonds is 3. The molecule has 0 unspecified atom stereocenters. The van der Waals surface area contributed by atoms with Gasteiger partial charge in [0.1, 0.15) is 0 Å². The molecule has 0 radical (unpaired) electrons. The first kappa shape index (κ1) is 15.5. The number of amides is 1. The molecule has 0 atom stereocenters. The quantitative estimate of drug-likeness (QED) is 0.806. The molecule has 120 valence electrons. The molecule has 0 bridgehead atoms. The molecule has 4 nitrogen and oxygen atoms in total. The number of esters is 1. The summed E-state index contributed by atoms with van der Waals surface area (Å²) in [6.07, 6.45) is 5.23. The Hall–Kier alpha value is -2.36. The Bertz CT molecular complexity index is 673. The second-order valence-corrected chi connectivity index (χ2v) is 6.02. The molecule has 0 N–H and O–H groups in total. The molecular weight excluding hydrogens is 290 g/mol. The van der Waals surface area contributed by atoms with Gasteiger partial charge < -0.3 is 9.64 Å². The van der Waals surface area contributed by atoms with Gasteiger partial charge in [-0.25, -0.2) is 4.79 Å². The molecule has 1 heterocycles. The van der Waals surface area contributed by atoms with Gasteiger partial charge in [-0.1, -0.05) is 30.3 Å². The maximum Gasteiger partial charge on any atom is 0.333 e. The van der Waals surface area contributed by atoms with E-state index < -0.39 is 0 Å². The molecule has 0 aromatic heterocycles. The third-order valence-electron chi connectivity index (χ3n) is 4.43. The molecule has 1 aromatic carbocycles. The van der Waals surface area contributed by atoms with Crippen LogP contribution in [0.3, 0.4) is 0 Å². The van der Waals surface area contributed by atoms with Gasteiger partial charge in [0.05, 0.1) is 7.11 Å². The first-order valence-corrected chi connectivity index (χ1v) is 8.03. The minimum Gasteiger partial charge on any atom is -0.466 e. The Kier molecular flexibility index (Phi) is 4.60. The fourth-order valence-electron chi connectivity index (χ4n) is 3.22. The van der Waals surface area contributed by atoms with Gasteiger partial charge in [0.2, 0.25) is 0 Å². The smallest absolute Gasteiger partial charge is 0.333 e. The van der Waals surface area contributed by atoms with Crippen molar-refractivity contribution in [3.05, 3.63) is 58.7 Å². The van der Waals surface area contributed by atoms with Crippen LogP contribution in [-0.2, 0) is 20.9 Å². The van der Waals surface area contributed by atoms with Crippen LogP contribution in [0.25, 0.3) is 0 Å². The molecule has 0 fully saturated rings. The molecule has 1 amide bonds. The molecule has 23 heavy (non-hydrogen) atoms. The number of nitrogens with zero attached hydrogens (tertiary/aromatic N) is 1. The average Bonchev–Trinajstić information content (AvgIpc) is 2.82. The third-order valence-corrected chi connectivity index (χ3v) is 4.43. The lowest BCUT2D eigenvalue weighted by Crippen LogP contribution is -2.26. The molecule has 0 saturated heterocycles. The van der Waals surface area contributed by atoms with Crippen LogP contribution in [0.5, 0.6) is 0 Å². The molecule has 3 rings (SSSR count). The van der Waals surface area contributed by atoms with Crippen LogP contribution in [0.4, 0.5) is 0 Å². The summed E-state index contributed by atoms with van der Waals surface area (Å²) in [6, 6.07) is 9.99. The monoisotopic (exact) mass is 311 g/mol. The summed E-state index contributed by atoms with van der Waals surface area (Å²) in [5, 5.41) is 0. The Labute approximate surface area is 136 Å². The number of methoxy groups -OCH3 is 1. The number of benzene rings is 1. The zero-order valence-corrected chi connectivity index (χ0v) is 13.4. The van der Waals surface area contributed by atoms with E-state index in [1.54, 1.807) is 0 Å². The maximum absolute atomic E-state index is 12.7. The van der Waals surface area contributed by atoms with Crippen LogP contribution in [0, 0.1) is 0 Å².